The first-order valence-corrected chi connectivity index (χ1v) is 5.81. The fourth-order valence-corrected chi connectivity index (χ4v) is 2.93. The highest BCUT2D eigenvalue weighted by atomic mass is 32.1. The second-order valence-corrected chi connectivity index (χ2v) is 4.54. The maximum absolute atomic E-state index is 9.70. The SMILES string of the molecule is CCc1cc2ccc(O)c(CC)c2s1. The molecule has 1 aromatic heterocycles. The van der Waals surface area contributed by atoms with Crippen molar-refractivity contribution in [2.75, 3.05) is 0 Å². The summed E-state index contributed by atoms with van der Waals surface area (Å²) in [5.41, 5.74) is 1.09. The Hall–Kier alpha value is -1.02. The molecule has 0 aliphatic rings. The van der Waals surface area contributed by atoms with Gasteiger partial charge in [0.05, 0.1) is 0 Å². The number of phenolic OH excluding ortho intramolecular Hbond substituents is 1. The van der Waals surface area contributed by atoms with Crippen LogP contribution in [-0.2, 0) is 12.8 Å². The van der Waals surface area contributed by atoms with Gasteiger partial charge >= 0.3 is 0 Å². The molecule has 14 heavy (non-hydrogen) atoms. The van der Waals surface area contributed by atoms with Gasteiger partial charge in [0, 0.05) is 15.1 Å². The summed E-state index contributed by atoms with van der Waals surface area (Å²) >= 11 is 1.80. The Labute approximate surface area is 88.0 Å². The van der Waals surface area contributed by atoms with Gasteiger partial charge in [0.1, 0.15) is 5.75 Å². The molecule has 1 aromatic carbocycles. The lowest BCUT2D eigenvalue weighted by Gasteiger charge is -2.01. The molecular weight excluding hydrogens is 192 g/mol. The Kier molecular flexibility index (Phi) is 2.46. The lowest BCUT2D eigenvalue weighted by molar-refractivity contribution is 0.470. The molecule has 0 spiro atoms. The fraction of sp³-hybridized carbons (Fsp3) is 0.333. The van der Waals surface area contributed by atoms with Gasteiger partial charge in [0.25, 0.3) is 0 Å². The van der Waals surface area contributed by atoms with Crippen molar-refractivity contribution in [1.29, 1.82) is 0 Å². The van der Waals surface area contributed by atoms with Crippen molar-refractivity contribution < 1.29 is 5.11 Å². The van der Waals surface area contributed by atoms with Crippen LogP contribution in [0.4, 0.5) is 0 Å². The first kappa shape index (κ1) is 9.53. The second-order valence-electron chi connectivity index (χ2n) is 3.40. The van der Waals surface area contributed by atoms with Crippen LogP contribution in [0.5, 0.6) is 5.75 Å². The van der Waals surface area contributed by atoms with Crippen LogP contribution in [-0.4, -0.2) is 5.11 Å². The van der Waals surface area contributed by atoms with Gasteiger partial charge in [-0.25, -0.2) is 0 Å². The summed E-state index contributed by atoms with van der Waals surface area (Å²) in [5, 5.41) is 11.0. The summed E-state index contributed by atoms with van der Waals surface area (Å²) < 4.78 is 1.25. The molecular formula is C12H14OS. The minimum atomic E-state index is 0.435. The second kappa shape index (κ2) is 3.62. The third-order valence-electron chi connectivity index (χ3n) is 2.52. The number of benzene rings is 1. The number of thiophene rings is 1. The molecule has 0 atom stereocenters. The number of aryl methyl sites for hydroxylation is 2. The highest BCUT2D eigenvalue weighted by Gasteiger charge is 2.08. The minimum absolute atomic E-state index is 0.435. The van der Waals surface area contributed by atoms with E-state index >= 15 is 0 Å². The number of rotatable bonds is 2. The van der Waals surface area contributed by atoms with E-state index in [2.05, 4.69) is 19.9 Å². The van der Waals surface area contributed by atoms with E-state index in [0.717, 1.165) is 18.4 Å². The zero-order valence-corrected chi connectivity index (χ0v) is 9.32. The topological polar surface area (TPSA) is 20.2 Å². The molecule has 0 aliphatic carbocycles. The highest BCUT2D eigenvalue weighted by molar-refractivity contribution is 7.19. The number of fused-ring (bicyclic) bond motifs is 1. The van der Waals surface area contributed by atoms with Gasteiger partial charge < -0.3 is 5.11 Å². The van der Waals surface area contributed by atoms with Crippen molar-refractivity contribution in [3.8, 4) is 5.75 Å². The minimum Gasteiger partial charge on any atom is -0.508 e. The predicted molar refractivity (Wildman–Crippen MR) is 62.2 cm³/mol. The van der Waals surface area contributed by atoms with Gasteiger partial charge in [-0.2, -0.15) is 0 Å². The number of phenols is 1. The summed E-state index contributed by atoms with van der Waals surface area (Å²) in [6.07, 6.45) is 1.97. The van der Waals surface area contributed by atoms with E-state index in [1.807, 2.05) is 6.07 Å². The quantitative estimate of drug-likeness (QED) is 0.793. The summed E-state index contributed by atoms with van der Waals surface area (Å²) in [5.74, 6) is 0.435. The zero-order chi connectivity index (χ0) is 10.1. The van der Waals surface area contributed by atoms with E-state index in [1.54, 1.807) is 17.4 Å². The average molecular weight is 206 g/mol. The molecule has 0 saturated carbocycles. The van der Waals surface area contributed by atoms with Gasteiger partial charge in [-0.1, -0.05) is 13.8 Å². The van der Waals surface area contributed by atoms with Crippen molar-refractivity contribution in [3.63, 3.8) is 0 Å². The number of hydrogen-bond donors (Lipinski definition) is 1. The van der Waals surface area contributed by atoms with Gasteiger partial charge in [-0.05, 0) is 36.4 Å². The molecule has 1 heterocycles. The van der Waals surface area contributed by atoms with Crippen molar-refractivity contribution in [2.24, 2.45) is 0 Å². The Morgan fingerprint density at radius 3 is 2.64 bits per heavy atom. The molecule has 0 radical (unpaired) electrons. The van der Waals surface area contributed by atoms with Crippen molar-refractivity contribution in [2.45, 2.75) is 26.7 Å². The van der Waals surface area contributed by atoms with Crippen LogP contribution < -0.4 is 0 Å². The summed E-state index contributed by atoms with van der Waals surface area (Å²) in [7, 11) is 0. The number of aromatic hydroxyl groups is 1. The summed E-state index contributed by atoms with van der Waals surface area (Å²) in [6, 6.07) is 6.02. The van der Waals surface area contributed by atoms with Crippen molar-refractivity contribution >= 4 is 21.4 Å². The van der Waals surface area contributed by atoms with Crippen LogP contribution >= 0.6 is 11.3 Å². The van der Waals surface area contributed by atoms with Crippen LogP contribution in [0.25, 0.3) is 10.1 Å². The average Bonchev–Trinajstić information content (AvgIpc) is 2.60. The molecule has 0 aliphatic heterocycles. The van der Waals surface area contributed by atoms with Gasteiger partial charge in [0.2, 0.25) is 0 Å². The molecule has 0 fully saturated rings. The van der Waals surface area contributed by atoms with E-state index in [0.29, 0.717) is 5.75 Å². The van der Waals surface area contributed by atoms with Crippen LogP contribution in [0.2, 0.25) is 0 Å². The maximum Gasteiger partial charge on any atom is 0.120 e. The first-order valence-electron chi connectivity index (χ1n) is 4.99. The fourth-order valence-electron chi connectivity index (χ4n) is 1.72. The molecule has 0 saturated heterocycles. The van der Waals surface area contributed by atoms with E-state index in [1.165, 1.54) is 15.0 Å². The third-order valence-corrected chi connectivity index (χ3v) is 3.87. The van der Waals surface area contributed by atoms with Crippen LogP contribution in [0.3, 0.4) is 0 Å². The molecule has 74 valence electrons. The van der Waals surface area contributed by atoms with Gasteiger partial charge in [-0.15, -0.1) is 11.3 Å². The zero-order valence-electron chi connectivity index (χ0n) is 8.50. The third kappa shape index (κ3) is 1.40. The molecule has 0 unspecified atom stereocenters. The molecule has 2 heteroatoms. The molecule has 1 nitrogen and oxygen atoms in total. The Bertz CT molecular complexity index is 457. The molecule has 0 amide bonds. The van der Waals surface area contributed by atoms with Crippen LogP contribution in [0.1, 0.15) is 24.3 Å². The van der Waals surface area contributed by atoms with Gasteiger partial charge in [0.15, 0.2) is 0 Å². The van der Waals surface area contributed by atoms with Crippen molar-refractivity contribution in [3.05, 3.63) is 28.6 Å². The van der Waals surface area contributed by atoms with Crippen molar-refractivity contribution in [1.82, 2.24) is 0 Å². The van der Waals surface area contributed by atoms with Gasteiger partial charge in [-0.3, -0.25) is 0 Å². The smallest absolute Gasteiger partial charge is 0.120 e. The Morgan fingerprint density at radius 1 is 1.21 bits per heavy atom. The lowest BCUT2D eigenvalue weighted by atomic mass is 10.1. The first-order chi connectivity index (χ1) is 6.76. The lowest BCUT2D eigenvalue weighted by Crippen LogP contribution is -1.80. The summed E-state index contributed by atoms with van der Waals surface area (Å²) in [6.45, 7) is 4.25. The Morgan fingerprint density at radius 2 is 2.00 bits per heavy atom. The van der Waals surface area contributed by atoms with E-state index in [4.69, 9.17) is 0 Å². The van der Waals surface area contributed by atoms with Crippen LogP contribution in [0.15, 0.2) is 18.2 Å². The molecule has 2 rings (SSSR count). The largest absolute Gasteiger partial charge is 0.508 e. The molecule has 0 bridgehead atoms. The predicted octanol–water partition coefficient (Wildman–Crippen LogP) is 3.73. The maximum atomic E-state index is 9.70. The monoisotopic (exact) mass is 206 g/mol. The van der Waals surface area contributed by atoms with E-state index < -0.39 is 0 Å². The van der Waals surface area contributed by atoms with Crippen LogP contribution in [0, 0.1) is 0 Å². The highest BCUT2D eigenvalue weighted by Crippen LogP contribution is 2.34. The summed E-state index contributed by atoms with van der Waals surface area (Å²) in [4.78, 5) is 1.39. The Balaban J connectivity index is 2.73. The number of hydrogen-bond acceptors (Lipinski definition) is 2. The van der Waals surface area contributed by atoms with E-state index in [9.17, 15) is 5.11 Å². The normalized spacial score (nSPS) is 11.0. The van der Waals surface area contributed by atoms with E-state index in [-0.39, 0.29) is 0 Å². The molecule has 1 N–H and O–H groups in total. The standard InChI is InChI=1S/C12H14OS/c1-3-9-7-8-5-6-11(13)10(4-2)12(8)14-9/h5-7,13H,3-4H2,1-2H3. The molecule has 2 aromatic rings.